The van der Waals surface area contributed by atoms with E-state index in [2.05, 4.69) is 5.48 Å². The topological polar surface area (TPSA) is 64.6 Å². The van der Waals surface area contributed by atoms with Crippen molar-refractivity contribution in [2.24, 2.45) is 11.8 Å². The standard InChI is InChI=1S/C13H27NO4Si/c1-8-17-13(16)11(10(4)15)12(9(2)3)14-18-19(5,6)7/h9,11-12,14H,8H2,1-7H3/t11-,12-/m1/s1. The van der Waals surface area contributed by atoms with Gasteiger partial charge in [0, 0.05) is 0 Å². The number of rotatable bonds is 8. The van der Waals surface area contributed by atoms with Gasteiger partial charge in [-0.3, -0.25) is 9.59 Å². The van der Waals surface area contributed by atoms with Crippen LogP contribution in [-0.2, 0) is 18.9 Å². The molecule has 0 aliphatic carbocycles. The van der Waals surface area contributed by atoms with Crippen LogP contribution in [0.1, 0.15) is 27.7 Å². The van der Waals surface area contributed by atoms with Crippen LogP contribution in [-0.4, -0.2) is 32.7 Å². The molecule has 0 unspecified atom stereocenters. The molecule has 2 atom stereocenters. The van der Waals surface area contributed by atoms with Crippen molar-refractivity contribution in [2.45, 2.75) is 53.4 Å². The highest BCUT2D eigenvalue weighted by atomic mass is 28.4. The summed E-state index contributed by atoms with van der Waals surface area (Å²) in [7, 11) is -1.77. The molecular weight excluding hydrogens is 262 g/mol. The molecule has 0 bridgehead atoms. The van der Waals surface area contributed by atoms with Crippen LogP contribution in [0.15, 0.2) is 0 Å². The Hall–Kier alpha value is -0.723. The summed E-state index contributed by atoms with van der Waals surface area (Å²) in [6.45, 7) is 13.4. The summed E-state index contributed by atoms with van der Waals surface area (Å²) < 4.78 is 10.6. The monoisotopic (exact) mass is 289 g/mol. The number of carbonyl (C=O) groups is 2. The molecule has 0 heterocycles. The molecule has 0 aromatic rings. The van der Waals surface area contributed by atoms with E-state index in [1.807, 2.05) is 33.5 Å². The average Bonchev–Trinajstić information content (AvgIpc) is 2.21. The molecule has 0 aromatic carbocycles. The molecule has 0 radical (unpaired) electrons. The predicted octanol–water partition coefficient (Wildman–Crippen LogP) is 2.14. The predicted molar refractivity (Wildman–Crippen MR) is 77.0 cm³/mol. The van der Waals surface area contributed by atoms with Crippen molar-refractivity contribution in [3.63, 3.8) is 0 Å². The lowest BCUT2D eigenvalue weighted by molar-refractivity contribution is -0.154. The fourth-order valence-electron chi connectivity index (χ4n) is 1.63. The number of esters is 1. The smallest absolute Gasteiger partial charge is 0.318 e. The summed E-state index contributed by atoms with van der Waals surface area (Å²) in [5.74, 6) is -1.44. The molecule has 0 rings (SSSR count). The van der Waals surface area contributed by atoms with Gasteiger partial charge in [-0.15, -0.1) is 0 Å². The highest BCUT2D eigenvalue weighted by molar-refractivity contribution is 6.69. The van der Waals surface area contributed by atoms with Crippen LogP contribution in [0.4, 0.5) is 0 Å². The third-order valence-electron chi connectivity index (χ3n) is 2.56. The third-order valence-corrected chi connectivity index (χ3v) is 3.29. The zero-order valence-corrected chi connectivity index (χ0v) is 14.1. The summed E-state index contributed by atoms with van der Waals surface area (Å²) in [5, 5.41) is 0. The van der Waals surface area contributed by atoms with E-state index in [0.29, 0.717) is 0 Å². The Morgan fingerprint density at radius 1 is 1.21 bits per heavy atom. The molecule has 6 heteroatoms. The van der Waals surface area contributed by atoms with Crippen molar-refractivity contribution in [3.05, 3.63) is 0 Å². The zero-order valence-electron chi connectivity index (χ0n) is 13.1. The van der Waals surface area contributed by atoms with Crippen molar-refractivity contribution in [2.75, 3.05) is 6.61 Å². The molecule has 0 fully saturated rings. The number of nitrogens with one attached hydrogen (secondary N) is 1. The number of hydrogen-bond acceptors (Lipinski definition) is 5. The molecule has 0 amide bonds. The van der Waals surface area contributed by atoms with Crippen LogP contribution >= 0.6 is 0 Å². The van der Waals surface area contributed by atoms with Gasteiger partial charge in [-0.05, 0) is 39.4 Å². The van der Waals surface area contributed by atoms with Gasteiger partial charge in [0.2, 0.25) is 8.32 Å². The summed E-state index contributed by atoms with van der Waals surface area (Å²) in [5.41, 5.74) is 2.92. The first-order chi connectivity index (χ1) is 8.60. The van der Waals surface area contributed by atoms with Gasteiger partial charge < -0.3 is 9.26 Å². The van der Waals surface area contributed by atoms with E-state index in [1.165, 1.54) is 6.92 Å². The SMILES string of the molecule is CCOC(=O)[C@H](C(C)=O)[C@H](NO[Si](C)(C)C)C(C)C. The van der Waals surface area contributed by atoms with E-state index in [9.17, 15) is 9.59 Å². The second-order valence-corrected chi connectivity index (χ2v) is 10.4. The molecule has 0 aliphatic heterocycles. The van der Waals surface area contributed by atoms with Crippen LogP contribution in [0, 0.1) is 11.8 Å². The highest BCUT2D eigenvalue weighted by Gasteiger charge is 2.36. The Morgan fingerprint density at radius 3 is 2.05 bits per heavy atom. The number of ether oxygens (including phenoxy) is 1. The van der Waals surface area contributed by atoms with Crippen LogP contribution in [0.25, 0.3) is 0 Å². The van der Waals surface area contributed by atoms with E-state index in [1.54, 1.807) is 6.92 Å². The van der Waals surface area contributed by atoms with E-state index in [4.69, 9.17) is 9.26 Å². The van der Waals surface area contributed by atoms with Gasteiger partial charge in [0.25, 0.3) is 0 Å². The second kappa shape index (κ2) is 7.77. The Balaban J connectivity index is 4.97. The van der Waals surface area contributed by atoms with E-state index >= 15 is 0 Å². The number of ketones is 1. The molecule has 0 saturated heterocycles. The van der Waals surface area contributed by atoms with Crippen molar-refractivity contribution in [3.8, 4) is 0 Å². The first-order valence-corrected chi connectivity index (χ1v) is 10.1. The largest absolute Gasteiger partial charge is 0.465 e. The van der Waals surface area contributed by atoms with Crippen LogP contribution in [0.3, 0.4) is 0 Å². The van der Waals surface area contributed by atoms with Crippen LogP contribution in [0.2, 0.25) is 19.6 Å². The summed E-state index contributed by atoms with van der Waals surface area (Å²) in [6.07, 6.45) is 0. The van der Waals surface area contributed by atoms with Gasteiger partial charge in [-0.1, -0.05) is 13.8 Å². The summed E-state index contributed by atoms with van der Waals surface area (Å²) >= 11 is 0. The lowest BCUT2D eigenvalue weighted by Crippen LogP contribution is -2.50. The van der Waals surface area contributed by atoms with E-state index in [0.717, 1.165) is 0 Å². The zero-order chi connectivity index (χ0) is 15.2. The maximum Gasteiger partial charge on any atom is 0.318 e. The van der Waals surface area contributed by atoms with Gasteiger partial charge in [-0.2, -0.15) is 0 Å². The van der Waals surface area contributed by atoms with E-state index < -0.39 is 20.2 Å². The van der Waals surface area contributed by atoms with Gasteiger partial charge in [0.1, 0.15) is 11.7 Å². The minimum atomic E-state index is -1.77. The fourth-order valence-corrected chi connectivity index (χ4v) is 2.12. The molecule has 0 aliphatic rings. The van der Waals surface area contributed by atoms with Crippen LogP contribution < -0.4 is 5.48 Å². The molecule has 5 nitrogen and oxygen atoms in total. The Morgan fingerprint density at radius 2 is 1.74 bits per heavy atom. The summed E-state index contributed by atoms with van der Waals surface area (Å²) in [4.78, 5) is 23.7. The fraction of sp³-hybridized carbons (Fsp3) is 0.846. The normalized spacial score (nSPS) is 15.2. The number of hydroxylamine groups is 1. The van der Waals surface area contributed by atoms with Gasteiger partial charge in [-0.25, -0.2) is 5.48 Å². The maximum absolute atomic E-state index is 11.9. The first kappa shape index (κ1) is 18.3. The average molecular weight is 289 g/mol. The molecule has 19 heavy (non-hydrogen) atoms. The van der Waals surface area contributed by atoms with Gasteiger partial charge in [0.05, 0.1) is 12.6 Å². The summed E-state index contributed by atoms with van der Waals surface area (Å²) in [6, 6.07) is -0.372. The van der Waals surface area contributed by atoms with Gasteiger partial charge >= 0.3 is 5.97 Å². The molecule has 1 N–H and O–H groups in total. The van der Waals surface area contributed by atoms with Crippen molar-refractivity contribution < 1.29 is 18.9 Å². The van der Waals surface area contributed by atoms with E-state index in [-0.39, 0.29) is 24.3 Å². The van der Waals surface area contributed by atoms with Crippen molar-refractivity contribution in [1.82, 2.24) is 5.48 Å². The minimum Gasteiger partial charge on any atom is -0.465 e. The quantitative estimate of drug-likeness (QED) is 0.321. The Labute approximate surface area is 117 Å². The lowest BCUT2D eigenvalue weighted by atomic mass is 9.88. The maximum atomic E-state index is 11.9. The van der Waals surface area contributed by atoms with Crippen molar-refractivity contribution in [1.29, 1.82) is 0 Å². The molecular formula is C13H27NO4Si. The minimum absolute atomic E-state index is 0.0784. The number of hydrogen-bond donors (Lipinski definition) is 1. The first-order valence-electron chi connectivity index (χ1n) is 6.70. The second-order valence-electron chi connectivity index (χ2n) is 5.94. The molecule has 112 valence electrons. The molecule has 0 aromatic heterocycles. The lowest BCUT2D eigenvalue weighted by Gasteiger charge is -2.30. The highest BCUT2D eigenvalue weighted by Crippen LogP contribution is 2.17. The molecule has 0 saturated carbocycles. The third kappa shape index (κ3) is 6.84. The number of Topliss-reactive ketones (excluding diaryl/α,β-unsaturated/α-hetero) is 1. The molecule has 0 spiro atoms. The van der Waals surface area contributed by atoms with Gasteiger partial charge in [0.15, 0.2) is 0 Å². The van der Waals surface area contributed by atoms with Crippen molar-refractivity contribution >= 4 is 20.1 Å². The number of carbonyl (C=O) groups excluding carboxylic acids is 2. The van der Waals surface area contributed by atoms with Crippen LogP contribution in [0.5, 0.6) is 0 Å². The Bertz CT molecular complexity index is 312. The Kier molecular flexibility index (Phi) is 7.47.